The highest BCUT2D eigenvalue weighted by Gasteiger charge is 2.42. The van der Waals surface area contributed by atoms with E-state index in [0.717, 1.165) is 4.90 Å². The molecule has 0 saturated carbocycles. The highest BCUT2D eigenvalue weighted by atomic mass is 33.1. The lowest BCUT2D eigenvalue weighted by Gasteiger charge is -2.12. The van der Waals surface area contributed by atoms with E-state index in [1.165, 1.54) is 21.6 Å². The fourth-order valence-electron chi connectivity index (χ4n) is 1.65. The number of hydroxylamine groups is 2. The molecule has 8 nitrogen and oxygen atoms in total. The van der Waals surface area contributed by atoms with Crippen molar-refractivity contribution < 1.29 is 19.2 Å². The molecule has 0 N–H and O–H groups in total. The molecular formula is C13H12N4O4S2. The Kier molecular flexibility index (Phi) is 5.91. The molecule has 10 heteroatoms. The quantitative estimate of drug-likeness (QED) is 0.255. The van der Waals surface area contributed by atoms with Crippen molar-refractivity contribution in [2.24, 2.45) is 5.11 Å². The second kappa shape index (κ2) is 7.91. The van der Waals surface area contributed by atoms with Crippen LogP contribution in [0.5, 0.6) is 0 Å². The van der Waals surface area contributed by atoms with Gasteiger partial charge in [-0.1, -0.05) is 45.8 Å². The average Bonchev–Trinajstić information content (AvgIpc) is 2.82. The molecule has 23 heavy (non-hydrogen) atoms. The predicted octanol–water partition coefficient (Wildman–Crippen LogP) is 3.36. The standard InChI is InChI=1S/C13H12N4O4S2/c1-2-12(19)21-17-11(18)7-10(13(17)20)23-22-9-5-3-8(4-6-9)15-16-14/h3-6,10H,2,7H2,1H3. The van der Waals surface area contributed by atoms with E-state index >= 15 is 0 Å². The number of amides is 2. The van der Waals surface area contributed by atoms with Crippen LogP contribution < -0.4 is 0 Å². The van der Waals surface area contributed by atoms with Crippen molar-refractivity contribution >= 4 is 45.1 Å². The number of rotatable bonds is 6. The predicted molar refractivity (Wildman–Crippen MR) is 85.3 cm³/mol. The molecule has 0 spiro atoms. The van der Waals surface area contributed by atoms with Gasteiger partial charge in [-0.25, -0.2) is 4.79 Å². The van der Waals surface area contributed by atoms with Gasteiger partial charge in [-0.05, 0) is 17.7 Å². The molecule has 120 valence electrons. The van der Waals surface area contributed by atoms with E-state index in [2.05, 4.69) is 10.0 Å². The van der Waals surface area contributed by atoms with E-state index in [4.69, 9.17) is 10.4 Å². The van der Waals surface area contributed by atoms with Crippen LogP contribution in [0.3, 0.4) is 0 Å². The van der Waals surface area contributed by atoms with Crippen LogP contribution in [0.15, 0.2) is 34.3 Å². The Morgan fingerprint density at radius 1 is 1.43 bits per heavy atom. The monoisotopic (exact) mass is 352 g/mol. The highest BCUT2D eigenvalue weighted by Crippen LogP contribution is 2.39. The first-order valence-electron chi connectivity index (χ1n) is 6.61. The molecule has 1 atom stereocenters. The van der Waals surface area contributed by atoms with E-state index in [0.29, 0.717) is 10.8 Å². The summed E-state index contributed by atoms with van der Waals surface area (Å²) < 4.78 is 0. The van der Waals surface area contributed by atoms with E-state index in [-0.39, 0.29) is 12.8 Å². The minimum absolute atomic E-state index is 0.00962. The van der Waals surface area contributed by atoms with Gasteiger partial charge in [0, 0.05) is 21.9 Å². The van der Waals surface area contributed by atoms with Crippen molar-refractivity contribution in [2.45, 2.75) is 29.9 Å². The van der Waals surface area contributed by atoms with Crippen LogP contribution in [0.1, 0.15) is 19.8 Å². The lowest BCUT2D eigenvalue weighted by atomic mass is 10.3. The van der Waals surface area contributed by atoms with E-state index in [1.54, 1.807) is 31.2 Å². The van der Waals surface area contributed by atoms with Gasteiger partial charge in [0.25, 0.3) is 11.8 Å². The number of carbonyl (C=O) groups is 3. The Morgan fingerprint density at radius 3 is 2.74 bits per heavy atom. The number of carbonyl (C=O) groups excluding carboxylic acids is 3. The second-order valence-electron chi connectivity index (χ2n) is 4.40. The van der Waals surface area contributed by atoms with Crippen LogP contribution in [0.4, 0.5) is 5.69 Å². The molecule has 1 aromatic carbocycles. The first-order chi connectivity index (χ1) is 11.0. The molecule has 1 heterocycles. The molecular weight excluding hydrogens is 340 g/mol. The zero-order valence-corrected chi connectivity index (χ0v) is 13.7. The maximum Gasteiger partial charge on any atom is 0.332 e. The number of benzene rings is 1. The number of hydrogen-bond acceptors (Lipinski definition) is 7. The summed E-state index contributed by atoms with van der Waals surface area (Å²) in [6.07, 6.45) is 0.0749. The van der Waals surface area contributed by atoms with Gasteiger partial charge in [-0.15, -0.1) is 5.06 Å². The molecule has 1 fully saturated rings. The first-order valence-corrected chi connectivity index (χ1v) is 8.82. The van der Waals surface area contributed by atoms with Crippen LogP contribution in [-0.4, -0.2) is 28.1 Å². The maximum absolute atomic E-state index is 12.1. The molecule has 0 aromatic heterocycles. The Morgan fingerprint density at radius 2 is 2.13 bits per heavy atom. The fraction of sp³-hybridized carbons (Fsp3) is 0.308. The minimum Gasteiger partial charge on any atom is -0.330 e. The van der Waals surface area contributed by atoms with Crippen LogP contribution >= 0.6 is 21.6 Å². The summed E-state index contributed by atoms with van der Waals surface area (Å²) in [5, 5.41) is 3.41. The lowest BCUT2D eigenvalue weighted by molar-refractivity contribution is -0.197. The van der Waals surface area contributed by atoms with Crippen molar-refractivity contribution in [3.05, 3.63) is 34.7 Å². The third kappa shape index (κ3) is 4.41. The molecule has 1 saturated heterocycles. The normalized spacial score (nSPS) is 17.1. The number of hydrogen-bond donors (Lipinski definition) is 0. The Bertz CT molecular complexity index is 673. The van der Waals surface area contributed by atoms with Crippen LogP contribution in [-0.2, 0) is 19.2 Å². The molecule has 2 amide bonds. The third-order valence-electron chi connectivity index (χ3n) is 2.80. The Balaban J connectivity index is 1.93. The Labute approximate surface area is 139 Å². The van der Waals surface area contributed by atoms with Crippen LogP contribution in [0.2, 0.25) is 0 Å². The fourth-order valence-corrected chi connectivity index (χ4v) is 3.98. The van der Waals surface area contributed by atoms with Gasteiger partial charge in [-0.2, -0.15) is 0 Å². The van der Waals surface area contributed by atoms with Crippen molar-refractivity contribution in [3.63, 3.8) is 0 Å². The first kappa shape index (κ1) is 17.2. The summed E-state index contributed by atoms with van der Waals surface area (Å²) in [7, 11) is 2.54. The van der Waals surface area contributed by atoms with Crippen molar-refractivity contribution in [3.8, 4) is 0 Å². The van der Waals surface area contributed by atoms with Gasteiger partial charge in [0.05, 0.1) is 6.42 Å². The van der Waals surface area contributed by atoms with Gasteiger partial charge in [0.15, 0.2) is 0 Å². The number of imide groups is 1. The van der Waals surface area contributed by atoms with Gasteiger partial charge in [0.2, 0.25) is 0 Å². The van der Waals surface area contributed by atoms with Gasteiger partial charge >= 0.3 is 5.97 Å². The molecule has 0 radical (unpaired) electrons. The van der Waals surface area contributed by atoms with Gasteiger partial charge in [-0.3, -0.25) is 9.59 Å². The number of nitrogens with zero attached hydrogens (tertiary/aromatic N) is 4. The summed E-state index contributed by atoms with van der Waals surface area (Å²) in [5.41, 5.74) is 8.83. The molecule has 1 unspecified atom stereocenters. The zero-order valence-electron chi connectivity index (χ0n) is 12.0. The summed E-state index contributed by atoms with van der Waals surface area (Å²) >= 11 is 0. The van der Waals surface area contributed by atoms with Crippen LogP contribution in [0, 0.1) is 0 Å². The topological polar surface area (TPSA) is 112 Å². The maximum atomic E-state index is 12.1. The number of azide groups is 1. The molecule has 0 bridgehead atoms. The molecule has 1 aliphatic heterocycles. The zero-order chi connectivity index (χ0) is 16.8. The third-order valence-corrected chi connectivity index (χ3v) is 5.53. The molecule has 0 aliphatic carbocycles. The minimum atomic E-state index is -0.626. The van der Waals surface area contributed by atoms with Crippen molar-refractivity contribution in [1.82, 2.24) is 5.06 Å². The molecule has 1 aliphatic rings. The lowest BCUT2D eigenvalue weighted by Crippen LogP contribution is -2.33. The van der Waals surface area contributed by atoms with Crippen molar-refractivity contribution in [2.75, 3.05) is 0 Å². The van der Waals surface area contributed by atoms with Gasteiger partial charge in [0.1, 0.15) is 5.25 Å². The summed E-state index contributed by atoms with van der Waals surface area (Å²) in [6, 6.07) is 6.80. The second-order valence-corrected chi connectivity index (χ2v) is 6.88. The average molecular weight is 352 g/mol. The largest absolute Gasteiger partial charge is 0.332 e. The van der Waals surface area contributed by atoms with Crippen LogP contribution in [0.25, 0.3) is 10.4 Å². The Hall–Kier alpha value is -2.16. The SMILES string of the molecule is CCC(=O)ON1C(=O)CC(SSc2ccc(N=[N+]=[N-])cc2)C1=O. The van der Waals surface area contributed by atoms with E-state index in [9.17, 15) is 14.4 Å². The summed E-state index contributed by atoms with van der Waals surface area (Å²) in [4.78, 5) is 43.3. The van der Waals surface area contributed by atoms with Crippen molar-refractivity contribution in [1.29, 1.82) is 0 Å². The summed E-state index contributed by atoms with van der Waals surface area (Å²) in [6.45, 7) is 1.58. The van der Waals surface area contributed by atoms with E-state index in [1.807, 2.05) is 0 Å². The molecule has 2 rings (SSSR count). The van der Waals surface area contributed by atoms with E-state index < -0.39 is 23.0 Å². The molecule has 1 aromatic rings. The smallest absolute Gasteiger partial charge is 0.330 e. The van der Waals surface area contributed by atoms with Gasteiger partial charge < -0.3 is 4.84 Å². The summed E-state index contributed by atoms with van der Waals surface area (Å²) in [5.74, 6) is -1.67. The highest BCUT2D eigenvalue weighted by molar-refractivity contribution is 8.77.